The van der Waals surface area contributed by atoms with E-state index in [9.17, 15) is 9.59 Å². The fourth-order valence-electron chi connectivity index (χ4n) is 5.05. The fraction of sp³-hybridized carbons (Fsp3) is 0.333. The summed E-state index contributed by atoms with van der Waals surface area (Å²) < 4.78 is 10.5. The molecule has 4 aromatic heterocycles. The maximum absolute atomic E-state index is 13.5. The van der Waals surface area contributed by atoms with Crippen molar-refractivity contribution in [3.05, 3.63) is 65.9 Å². The maximum Gasteiger partial charge on any atom is 0.422 e. The van der Waals surface area contributed by atoms with Gasteiger partial charge in [0.25, 0.3) is 0 Å². The summed E-state index contributed by atoms with van der Waals surface area (Å²) in [5.41, 5.74) is 6.35. The van der Waals surface area contributed by atoms with Gasteiger partial charge in [0, 0.05) is 37.3 Å². The van der Waals surface area contributed by atoms with E-state index in [0.717, 1.165) is 33.1 Å². The molecule has 200 valence electrons. The molecule has 1 N–H and O–H groups in total. The molecule has 1 amide bonds. The van der Waals surface area contributed by atoms with Gasteiger partial charge in [-0.2, -0.15) is 5.10 Å². The molecule has 5 heterocycles. The highest BCUT2D eigenvalue weighted by Crippen LogP contribution is 2.31. The van der Waals surface area contributed by atoms with Crippen molar-refractivity contribution in [2.75, 3.05) is 13.1 Å². The molecular weight excluding hydrogens is 498 g/mol. The zero-order valence-electron chi connectivity index (χ0n) is 22.2. The van der Waals surface area contributed by atoms with Crippen molar-refractivity contribution >= 4 is 28.0 Å². The van der Waals surface area contributed by atoms with E-state index in [2.05, 4.69) is 31.5 Å². The normalized spacial score (nSPS) is 16.3. The fourth-order valence-corrected chi connectivity index (χ4v) is 5.05. The van der Waals surface area contributed by atoms with E-state index in [1.807, 2.05) is 49.6 Å². The summed E-state index contributed by atoms with van der Waals surface area (Å²) in [5, 5.41) is 6.81. The van der Waals surface area contributed by atoms with Crippen molar-refractivity contribution < 1.29 is 9.53 Å². The molecule has 39 heavy (non-hydrogen) atoms. The molecule has 0 saturated carbocycles. The van der Waals surface area contributed by atoms with Gasteiger partial charge >= 0.3 is 11.8 Å². The van der Waals surface area contributed by atoms with Gasteiger partial charge in [-0.3, -0.25) is 19.5 Å². The lowest BCUT2D eigenvalue weighted by Gasteiger charge is -2.23. The Morgan fingerprint density at radius 1 is 1.10 bits per heavy atom. The highest BCUT2D eigenvalue weighted by atomic mass is 16.6. The standard InChI is InChI=1S/C27H29N9O3/c1-27(2,3)39-25(37)32-34-10-9-19(14-34)36-24-20-11-17(5-7-21(20)29-13-22(24)33(4)26(36)38)18-6-8-23(30-12-18)35-16-28-15-31-35/h5-8,11-13,15-16,19H,9-10,14H2,1-4H3,(H,32,37)/t19-/m0/s1. The largest absolute Gasteiger partial charge is 0.443 e. The first kappa shape index (κ1) is 24.7. The summed E-state index contributed by atoms with van der Waals surface area (Å²) in [6.07, 6.45) is 6.80. The van der Waals surface area contributed by atoms with Crippen LogP contribution in [0, 0.1) is 0 Å². The summed E-state index contributed by atoms with van der Waals surface area (Å²) in [6.45, 7) is 6.55. The van der Waals surface area contributed by atoms with E-state index in [1.54, 1.807) is 40.0 Å². The van der Waals surface area contributed by atoms with Crippen LogP contribution >= 0.6 is 0 Å². The number of amides is 1. The molecule has 12 nitrogen and oxygen atoms in total. The van der Waals surface area contributed by atoms with Crippen LogP contribution in [0.2, 0.25) is 0 Å². The molecule has 0 radical (unpaired) electrons. The SMILES string of the molecule is Cn1c(=O)n([C@H]2CCN(NC(=O)OC(C)(C)C)C2)c2c3cc(-c4ccc(-n5cncn5)nc4)ccc3ncc21. The van der Waals surface area contributed by atoms with Crippen LogP contribution in [-0.2, 0) is 11.8 Å². The van der Waals surface area contributed by atoms with E-state index < -0.39 is 11.7 Å². The van der Waals surface area contributed by atoms with Crippen LogP contribution in [0.25, 0.3) is 38.9 Å². The Hall–Kier alpha value is -4.58. The number of hydrogen-bond acceptors (Lipinski definition) is 8. The van der Waals surface area contributed by atoms with E-state index >= 15 is 0 Å². The number of imidazole rings is 1. The topological polar surface area (TPSA) is 125 Å². The van der Waals surface area contributed by atoms with E-state index in [-0.39, 0.29) is 11.7 Å². The zero-order valence-corrected chi connectivity index (χ0v) is 22.2. The van der Waals surface area contributed by atoms with Gasteiger partial charge in [0.05, 0.1) is 28.8 Å². The molecule has 1 atom stereocenters. The number of benzene rings is 1. The quantitative estimate of drug-likeness (QED) is 0.378. The summed E-state index contributed by atoms with van der Waals surface area (Å²) >= 11 is 0. The average molecular weight is 528 g/mol. The van der Waals surface area contributed by atoms with Gasteiger partial charge < -0.3 is 4.74 Å². The van der Waals surface area contributed by atoms with Crippen LogP contribution in [0.5, 0.6) is 0 Å². The third kappa shape index (κ3) is 4.63. The molecule has 0 unspecified atom stereocenters. The molecule has 1 aromatic carbocycles. The number of pyridine rings is 2. The Balaban J connectivity index is 1.37. The Kier molecular flexibility index (Phi) is 5.91. The highest BCUT2D eigenvalue weighted by Gasteiger charge is 2.30. The summed E-state index contributed by atoms with van der Waals surface area (Å²) in [5.74, 6) is 0.670. The molecule has 5 aromatic rings. The second kappa shape index (κ2) is 9.31. The van der Waals surface area contributed by atoms with Crippen LogP contribution in [-0.4, -0.2) is 63.7 Å². The lowest BCUT2D eigenvalue weighted by Crippen LogP contribution is -2.43. The van der Waals surface area contributed by atoms with Crippen LogP contribution < -0.4 is 11.1 Å². The zero-order chi connectivity index (χ0) is 27.3. The number of nitrogens with zero attached hydrogens (tertiary/aromatic N) is 8. The number of ether oxygens (including phenoxy) is 1. The monoisotopic (exact) mass is 527 g/mol. The molecule has 1 fully saturated rings. The van der Waals surface area contributed by atoms with E-state index in [0.29, 0.717) is 25.3 Å². The first-order valence-corrected chi connectivity index (χ1v) is 12.7. The number of fused-ring (bicyclic) bond motifs is 3. The lowest BCUT2D eigenvalue weighted by molar-refractivity contribution is 0.0361. The van der Waals surface area contributed by atoms with Crippen molar-refractivity contribution in [1.29, 1.82) is 0 Å². The van der Waals surface area contributed by atoms with Crippen molar-refractivity contribution in [3.8, 4) is 16.9 Å². The number of hydrazine groups is 1. The third-order valence-electron chi connectivity index (χ3n) is 6.83. The van der Waals surface area contributed by atoms with Gasteiger partial charge in [-0.15, -0.1) is 0 Å². The third-order valence-corrected chi connectivity index (χ3v) is 6.83. The van der Waals surface area contributed by atoms with Crippen molar-refractivity contribution in [2.45, 2.75) is 38.8 Å². The molecule has 0 bridgehead atoms. The molecule has 0 aliphatic carbocycles. The number of hydrogen-bond donors (Lipinski definition) is 1. The van der Waals surface area contributed by atoms with Crippen LogP contribution in [0.1, 0.15) is 33.2 Å². The highest BCUT2D eigenvalue weighted by molar-refractivity contribution is 6.04. The van der Waals surface area contributed by atoms with Gasteiger partial charge in [-0.25, -0.2) is 29.2 Å². The van der Waals surface area contributed by atoms with Gasteiger partial charge in [0.2, 0.25) is 0 Å². The molecule has 0 spiro atoms. The summed E-state index contributed by atoms with van der Waals surface area (Å²) in [7, 11) is 1.76. The minimum atomic E-state index is -0.592. The number of carbonyl (C=O) groups is 1. The Bertz CT molecular complexity index is 1730. The number of aryl methyl sites for hydroxylation is 1. The Labute approximate surface area is 223 Å². The van der Waals surface area contributed by atoms with Gasteiger partial charge in [0.1, 0.15) is 18.3 Å². The number of carbonyl (C=O) groups excluding carboxylic acids is 1. The average Bonchev–Trinajstić information content (AvgIpc) is 3.64. The second-order valence-electron chi connectivity index (χ2n) is 10.7. The number of nitrogens with one attached hydrogen (secondary N) is 1. The first-order chi connectivity index (χ1) is 18.7. The van der Waals surface area contributed by atoms with Crippen molar-refractivity contribution in [1.82, 2.24) is 44.3 Å². The van der Waals surface area contributed by atoms with Gasteiger partial charge in [-0.1, -0.05) is 6.07 Å². The predicted octanol–water partition coefficient (Wildman–Crippen LogP) is 3.22. The lowest BCUT2D eigenvalue weighted by atomic mass is 10.0. The number of rotatable bonds is 4. The van der Waals surface area contributed by atoms with Crippen LogP contribution in [0.3, 0.4) is 0 Å². The Morgan fingerprint density at radius 2 is 1.92 bits per heavy atom. The second-order valence-corrected chi connectivity index (χ2v) is 10.7. The molecule has 12 heteroatoms. The van der Waals surface area contributed by atoms with E-state index in [1.165, 1.54) is 6.33 Å². The molecule has 6 rings (SSSR count). The maximum atomic E-state index is 13.5. The predicted molar refractivity (Wildman–Crippen MR) is 145 cm³/mol. The van der Waals surface area contributed by atoms with Gasteiger partial charge in [0.15, 0.2) is 5.82 Å². The van der Waals surface area contributed by atoms with E-state index in [4.69, 9.17) is 4.74 Å². The smallest absolute Gasteiger partial charge is 0.422 e. The molecule has 1 saturated heterocycles. The van der Waals surface area contributed by atoms with Crippen LogP contribution in [0.15, 0.2) is 60.2 Å². The minimum absolute atomic E-state index is 0.118. The van der Waals surface area contributed by atoms with Gasteiger partial charge in [-0.05, 0) is 57.0 Å². The summed E-state index contributed by atoms with van der Waals surface area (Å²) in [4.78, 5) is 38.9. The number of aromatic nitrogens is 7. The van der Waals surface area contributed by atoms with Crippen LogP contribution in [0.4, 0.5) is 4.79 Å². The van der Waals surface area contributed by atoms with Crippen molar-refractivity contribution in [3.63, 3.8) is 0 Å². The Morgan fingerprint density at radius 3 is 2.64 bits per heavy atom. The van der Waals surface area contributed by atoms with Crippen molar-refractivity contribution in [2.24, 2.45) is 7.05 Å². The first-order valence-electron chi connectivity index (χ1n) is 12.7. The molecule has 1 aliphatic rings. The molecular formula is C27H29N9O3. The molecule has 1 aliphatic heterocycles. The minimum Gasteiger partial charge on any atom is -0.443 e. The summed E-state index contributed by atoms with van der Waals surface area (Å²) in [6, 6.07) is 9.75.